The number of aryl methyl sites for hydroxylation is 1. The van der Waals surface area contributed by atoms with Crippen molar-refractivity contribution in [2.24, 2.45) is 0 Å². The average Bonchev–Trinajstić information content (AvgIpc) is 3.16. The molecule has 0 bridgehead atoms. The van der Waals surface area contributed by atoms with Gasteiger partial charge in [-0.15, -0.1) is 11.3 Å². The second-order valence-electron chi connectivity index (χ2n) is 7.39. The molecular formula is C20H27N3O3S2. The van der Waals surface area contributed by atoms with Crippen molar-refractivity contribution in [2.45, 2.75) is 56.8 Å². The van der Waals surface area contributed by atoms with E-state index < -0.39 is 10.0 Å². The molecule has 1 amide bonds. The molecule has 6 nitrogen and oxygen atoms in total. The third-order valence-electron chi connectivity index (χ3n) is 4.88. The highest BCUT2D eigenvalue weighted by Crippen LogP contribution is 2.23. The standard InChI is InChI=1S/C20H27N3O3S2/c1-15(2)18-14-27-20(21-18)22-19(24)11-8-16-6-9-17(10-7-16)28(25,26)23-12-4-3-5-13-23/h6-7,9-10,14-15H,3-5,8,11-13H2,1-2H3,(H,21,22,24). The number of nitrogens with zero attached hydrogens (tertiary/aromatic N) is 2. The monoisotopic (exact) mass is 421 g/mol. The van der Waals surface area contributed by atoms with Crippen LogP contribution < -0.4 is 5.32 Å². The van der Waals surface area contributed by atoms with Crippen molar-refractivity contribution < 1.29 is 13.2 Å². The zero-order valence-electron chi connectivity index (χ0n) is 16.3. The zero-order valence-corrected chi connectivity index (χ0v) is 18.0. The molecule has 1 fully saturated rings. The fraction of sp³-hybridized carbons (Fsp3) is 0.500. The van der Waals surface area contributed by atoms with Gasteiger partial charge in [-0.1, -0.05) is 32.4 Å². The summed E-state index contributed by atoms with van der Waals surface area (Å²) in [6, 6.07) is 6.88. The first-order valence-electron chi connectivity index (χ1n) is 9.70. The molecule has 1 aliphatic rings. The Morgan fingerprint density at radius 3 is 2.46 bits per heavy atom. The number of hydrogen-bond donors (Lipinski definition) is 1. The van der Waals surface area contributed by atoms with Crippen molar-refractivity contribution >= 4 is 32.4 Å². The summed E-state index contributed by atoms with van der Waals surface area (Å²) in [5.41, 5.74) is 1.92. The number of nitrogens with one attached hydrogen (secondary N) is 1. The average molecular weight is 422 g/mol. The second-order valence-corrected chi connectivity index (χ2v) is 10.2. The van der Waals surface area contributed by atoms with Crippen molar-refractivity contribution in [2.75, 3.05) is 18.4 Å². The van der Waals surface area contributed by atoms with Gasteiger partial charge in [0.1, 0.15) is 0 Å². The summed E-state index contributed by atoms with van der Waals surface area (Å²) in [6.45, 7) is 5.32. The number of rotatable bonds is 7. The molecule has 2 heterocycles. The minimum atomic E-state index is -3.41. The van der Waals surface area contributed by atoms with E-state index >= 15 is 0 Å². The molecule has 1 saturated heterocycles. The lowest BCUT2D eigenvalue weighted by Gasteiger charge is -2.25. The maximum Gasteiger partial charge on any atom is 0.243 e. The number of carbonyl (C=O) groups excluding carboxylic acids is 1. The Labute approximate surface area is 171 Å². The normalized spacial score (nSPS) is 15.7. The minimum absolute atomic E-state index is 0.0883. The second kappa shape index (κ2) is 9.15. The molecule has 0 spiro atoms. The largest absolute Gasteiger partial charge is 0.302 e. The van der Waals surface area contributed by atoms with Crippen molar-refractivity contribution in [3.63, 3.8) is 0 Å². The Morgan fingerprint density at radius 2 is 1.86 bits per heavy atom. The summed E-state index contributed by atoms with van der Waals surface area (Å²) >= 11 is 1.43. The maximum atomic E-state index is 12.7. The van der Waals surface area contributed by atoms with Crippen LogP contribution in [0.5, 0.6) is 0 Å². The van der Waals surface area contributed by atoms with E-state index in [0.717, 1.165) is 30.5 Å². The van der Waals surface area contributed by atoms with Crippen molar-refractivity contribution in [3.8, 4) is 0 Å². The number of carbonyl (C=O) groups is 1. The van der Waals surface area contributed by atoms with Gasteiger partial charge in [-0.05, 0) is 42.9 Å². The first-order valence-corrected chi connectivity index (χ1v) is 12.0. The molecule has 8 heteroatoms. The van der Waals surface area contributed by atoms with E-state index in [2.05, 4.69) is 24.1 Å². The number of thiazole rings is 1. The number of benzene rings is 1. The molecule has 0 radical (unpaired) electrons. The number of hydrogen-bond acceptors (Lipinski definition) is 5. The molecular weight excluding hydrogens is 394 g/mol. The van der Waals surface area contributed by atoms with Crippen LogP contribution in [0.4, 0.5) is 5.13 Å². The van der Waals surface area contributed by atoms with Crippen LogP contribution in [0.25, 0.3) is 0 Å². The summed E-state index contributed by atoms with van der Waals surface area (Å²) in [4.78, 5) is 16.9. The van der Waals surface area contributed by atoms with Crippen LogP contribution in [-0.2, 0) is 21.2 Å². The number of piperidine rings is 1. The van der Waals surface area contributed by atoms with E-state index in [1.54, 1.807) is 28.6 Å². The molecule has 152 valence electrons. The lowest BCUT2D eigenvalue weighted by atomic mass is 10.1. The van der Waals surface area contributed by atoms with Crippen LogP contribution in [0.2, 0.25) is 0 Å². The van der Waals surface area contributed by atoms with Gasteiger partial charge in [0.2, 0.25) is 15.9 Å². The molecule has 0 unspecified atom stereocenters. The quantitative estimate of drug-likeness (QED) is 0.732. The van der Waals surface area contributed by atoms with Crippen LogP contribution in [0, 0.1) is 0 Å². The SMILES string of the molecule is CC(C)c1csc(NC(=O)CCc2ccc(S(=O)(=O)N3CCCCC3)cc2)n1. The molecule has 1 aliphatic heterocycles. The molecule has 28 heavy (non-hydrogen) atoms. The van der Waals surface area contributed by atoms with Gasteiger partial charge in [0.25, 0.3) is 0 Å². The highest BCUT2D eigenvalue weighted by atomic mass is 32.2. The molecule has 0 atom stereocenters. The summed E-state index contributed by atoms with van der Waals surface area (Å²) in [7, 11) is -3.41. The topological polar surface area (TPSA) is 79.4 Å². The Balaban J connectivity index is 1.54. The highest BCUT2D eigenvalue weighted by molar-refractivity contribution is 7.89. The summed E-state index contributed by atoms with van der Waals surface area (Å²) in [5.74, 6) is 0.247. The lowest BCUT2D eigenvalue weighted by Crippen LogP contribution is -2.35. The maximum absolute atomic E-state index is 12.7. The van der Waals surface area contributed by atoms with Crippen LogP contribution in [0.15, 0.2) is 34.5 Å². The van der Waals surface area contributed by atoms with Gasteiger partial charge < -0.3 is 5.32 Å². The van der Waals surface area contributed by atoms with Crippen LogP contribution in [0.3, 0.4) is 0 Å². The third kappa shape index (κ3) is 5.18. The van der Waals surface area contributed by atoms with Gasteiger partial charge in [0.05, 0.1) is 10.6 Å². The molecule has 1 N–H and O–H groups in total. The molecule has 2 aromatic rings. The van der Waals surface area contributed by atoms with E-state index in [0.29, 0.717) is 41.9 Å². The fourth-order valence-corrected chi connectivity index (χ4v) is 5.54. The van der Waals surface area contributed by atoms with Crippen LogP contribution in [0.1, 0.15) is 56.7 Å². The number of amides is 1. The number of aromatic nitrogens is 1. The van der Waals surface area contributed by atoms with E-state index in [9.17, 15) is 13.2 Å². The molecule has 3 rings (SSSR count). The molecule has 1 aromatic heterocycles. The van der Waals surface area contributed by atoms with Gasteiger partial charge in [-0.3, -0.25) is 4.79 Å². The number of sulfonamides is 1. The highest BCUT2D eigenvalue weighted by Gasteiger charge is 2.25. The first-order chi connectivity index (χ1) is 13.4. The van der Waals surface area contributed by atoms with Gasteiger partial charge in [0, 0.05) is 24.9 Å². The van der Waals surface area contributed by atoms with Gasteiger partial charge in [-0.25, -0.2) is 13.4 Å². The van der Waals surface area contributed by atoms with Crippen molar-refractivity contribution in [1.82, 2.24) is 9.29 Å². The van der Waals surface area contributed by atoms with E-state index in [1.807, 2.05) is 5.38 Å². The summed E-state index contributed by atoms with van der Waals surface area (Å²) < 4.78 is 26.9. The number of anilines is 1. The van der Waals surface area contributed by atoms with Gasteiger partial charge in [-0.2, -0.15) is 4.31 Å². The van der Waals surface area contributed by atoms with Crippen LogP contribution in [-0.4, -0.2) is 36.7 Å². The third-order valence-corrected chi connectivity index (χ3v) is 7.57. The first kappa shape index (κ1) is 21.0. The van der Waals surface area contributed by atoms with Crippen molar-refractivity contribution in [3.05, 3.63) is 40.9 Å². The predicted octanol–water partition coefficient (Wildman–Crippen LogP) is 4.01. The Morgan fingerprint density at radius 1 is 1.18 bits per heavy atom. The minimum Gasteiger partial charge on any atom is -0.302 e. The molecule has 0 aliphatic carbocycles. The lowest BCUT2D eigenvalue weighted by molar-refractivity contribution is -0.116. The summed E-state index contributed by atoms with van der Waals surface area (Å²) in [5, 5.41) is 5.41. The Hall–Kier alpha value is -1.77. The van der Waals surface area contributed by atoms with E-state index in [4.69, 9.17) is 0 Å². The molecule has 1 aromatic carbocycles. The van der Waals surface area contributed by atoms with Gasteiger partial charge in [0.15, 0.2) is 5.13 Å². The van der Waals surface area contributed by atoms with E-state index in [-0.39, 0.29) is 5.91 Å². The van der Waals surface area contributed by atoms with Gasteiger partial charge >= 0.3 is 0 Å². The predicted molar refractivity (Wildman–Crippen MR) is 112 cm³/mol. The Kier molecular flexibility index (Phi) is 6.85. The fourth-order valence-electron chi connectivity index (χ4n) is 3.13. The molecule has 0 saturated carbocycles. The van der Waals surface area contributed by atoms with Crippen molar-refractivity contribution in [1.29, 1.82) is 0 Å². The Bertz CT molecular complexity index is 899. The smallest absolute Gasteiger partial charge is 0.243 e. The summed E-state index contributed by atoms with van der Waals surface area (Å²) in [6.07, 6.45) is 3.81. The van der Waals surface area contributed by atoms with E-state index in [1.165, 1.54) is 11.3 Å². The zero-order chi connectivity index (χ0) is 20.1. The van der Waals surface area contributed by atoms with Crippen LogP contribution >= 0.6 is 11.3 Å².